The lowest BCUT2D eigenvalue weighted by atomic mass is 9.88. The SMILES string of the molecule is CCC(C)(c1ccc(C(F)(F)F)cc1)n1ncc2c(NC(=O)OC(C)(C)C)cccc21. The van der Waals surface area contributed by atoms with Crippen molar-refractivity contribution in [2.45, 2.75) is 58.4 Å². The van der Waals surface area contributed by atoms with Crippen LogP contribution in [0.1, 0.15) is 52.2 Å². The molecule has 0 spiro atoms. The van der Waals surface area contributed by atoms with Gasteiger partial charge < -0.3 is 4.74 Å². The Kier molecular flexibility index (Phi) is 5.78. The van der Waals surface area contributed by atoms with E-state index >= 15 is 0 Å². The second kappa shape index (κ2) is 7.90. The van der Waals surface area contributed by atoms with E-state index in [9.17, 15) is 18.0 Å². The molecule has 0 saturated carbocycles. The zero-order valence-electron chi connectivity index (χ0n) is 18.2. The summed E-state index contributed by atoms with van der Waals surface area (Å²) in [5.74, 6) is 0. The van der Waals surface area contributed by atoms with Crippen molar-refractivity contribution in [1.82, 2.24) is 9.78 Å². The van der Waals surface area contributed by atoms with Gasteiger partial charge in [0, 0.05) is 5.39 Å². The quantitative estimate of drug-likeness (QED) is 0.506. The molecule has 0 aliphatic rings. The number of fused-ring (bicyclic) bond motifs is 1. The first-order chi connectivity index (χ1) is 14.3. The van der Waals surface area contributed by atoms with Crippen molar-refractivity contribution in [1.29, 1.82) is 0 Å². The van der Waals surface area contributed by atoms with Gasteiger partial charge in [0.1, 0.15) is 5.60 Å². The Morgan fingerprint density at radius 1 is 1.03 bits per heavy atom. The maximum absolute atomic E-state index is 13.0. The number of rotatable bonds is 4. The summed E-state index contributed by atoms with van der Waals surface area (Å²) >= 11 is 0. The number of benzene rings is 2. The van der Waals surface area contributed by atoms with Crippen LogP contribution >= 0.6 is 0 Å². The molecule has 5 nitrogen and oxygen atoms in total. The minimum Gasteiger partial charge on any atom is -0.444 e. The number of alkyl halides is 3. The molecule has 0 saturated heterocycles. The molecule has 3 aromatic rings. The highest BCUT2D eigenvalue weighted by Crippen LogP contribution is 2.36. The predicted octanol–water partition coefficient (Wildman–Crippen LogP) is 6.58. The first kappa shape index (κ1) is 22.7. The molecule has 8 heteroatoms. The molecule has 166 valence electrons. The maximum Gasteiger partial charge on any atom is 0.416 e. The zero-order chi connectivity index (χ0) is 23.0. The van der Waals surface area contributed by atoms with Crippen molar-refractivity contribution in [2.75, 3.05) is 5.32 Å². The van der Waals surface area contributed by atoms with Gasteiger partial charge in [-0.15, -0.1) is 0 Å². The summed E-state index contributed by atoms with van der Waals surface area (Å²) in [6.45, 7) is 9.22. The van der Waals surface area contributed by atoms with Crippen LogP contribution in [0, 0.1) is 0 Å². The molecule has 1 heterocycles. The summed E-state index contributed by atoms with van der Waals surface area (Å²) < 4.78 is 46.0. The highest BCUT2D eigenvalue weighted by atomic mass is 19.4. The molecule has 0 aliphatic carbocycles. The van der Waals surface area contributed by atoms with Gasteiger partial charge in [-0.25, -0.2) is 4.79 Å². The Morgan fingerprint density at radius 3 is 2.19 bits per heavy atom. The summed E-state index contributed by atoms with van der Waals surface area (Å²) in [5.41, 5.74) is -0.00821. The molecule has 3 rings (SSSR count). The van der Waals surface area contributed by atoms with E-state index in [-0.39, 0.29) is 0 Å². The topological polar surface area (TPSA) is 56.2 Å². The fourth-order valence-corrected chi connectivity index (χ4v) is 3.46. The number of anilines is 1. The summed E-state index contributed by atoms with van der Waals surface area (Å²) in [7, 11) is 0. The second-order valence-electron chi connectivity index (χ2n) is 8.62. The molecule has 1 amide bonds. The number of amides is 1. The van der Waals surface area contributed by atoms with Crippen LogP contribution in [0.15, 0.2) is 48.7 Å². The van der Waals surface area contributed by atoms with Crippen molar-refractivity contribution in [3.63, 3.8) is 0 Å². The molecular formula is C23H26F3N3O2. The first-order valence-corrected chi connectivity index (χ1v) is 10.00. The van der Waals surface area contributed by atoms with E-state index in [4.69, 9.17) is 4.74 Å². The van der Waals surface area contributed by atoms with Crippen LogP contribution in [0.2, 0.25) is 0 Å². The van der Waals surface area contributed by atoms with Gasteiger partial charge in [-0.05, 0) is 63.9 Å². The van der Waals surface area contributed by atoms with Gasteiger partial charge in [-0.1, -0.05) is 25.1 Å². The van der Waals surface area contributed by atoms with Crippen LogP contribution in [0.5, 0.6) is 0 Å². The molecule has 1 unspecified atom stereocenters. The third kappa shape index (κ3) is 4.68. The molecule has 0 bridgehead atoms. The predicted molar refractivity (Wildman–Crippen MR) is 114 cm³/mol. The average molecular weight is 433 g/mol. The van der Waals surface area contributed by atoms with Crippen LogP contribution in [-0.4, -0.2) is 21.5 Å². The van der Waals surface area contributed by atoms with Gasteiger partial charge in [0.2, 0.25) is 0 Å². The fourth-order valence-electron chi connectivity index (χ4n) is 3.46. The van der Waals surface area contributed by atoms with Crippen molar-refractivity contribution in [2.24, 2.45) is 0 Å². The highest BCUT2D eigenvalue weighted by molar-refractivity contribution is 5.98. The van der Waals surface area contributed by atoms with Gasteiger partial charge >= 0.3 is 12.3 Å². The van der Waals surface area contributed by atoms with E-state index in [0.29, 0.717) is 23.1 Å². The summed E-state index contributed by atoms with van der Waals surface area (Å²) in [6.07, 6.45) is -2.73. The Hall–Kier alpha value is -3.03. The Morgan fingerprint density at radius 2 is 1.65 bits per heavy atom. The third-order valence-electron chi connectivity index (χ3n) is 5.24. The Balaban J connectivity index is 2.00. The Bertz CT molecular complexity index is 1080. The van der Waals surface area contributed by atoms with Crippen LogP contribution in [-0.2, 0) is 16.5 Å². The van der Waals surface area contributed by atoms with Gasteiger partial charge in [0.15, 0.2) is 0 Å². The lowest BCUT2D eigenvalue weighted by Gasteiger charge is -2.31. The summed E-state index contributed by atoms with van der Waals surface area (Å²) in [4.78, 5) is 12.2. The number of hydrogen-bond donors (Lipinski definition) is 1. The molecular weight excluding hydrogens is 407 g/mol. The normalized spacial score (nSPS) is 14.3. The van der Waals surface area contributed by atoms with Gasteiger partial charge in [0.25, 0.3) is 0 Å². The van der Waals surface area contributed by atoms with Gasteiger partial charge in [-0.3, -0.25) is 10.00 Å². The van der Waals surface area contributed by atoms with Crippen molar-refractivity contribution in [3.05, 3.63) is 59.8 Å². The lowest BCUT2D eigenvalue weighted by molar-refractivity contribution is -0.137. The second-order valence-corrected chi connectivity index (χ2v) is 8.62. The van der Waals surface area contributed by atoms with Crippen LogP contribution in [0.3, 0.4) is 0 Å². The number of nitrogens with zero attached hydrogens (tertiary/aromatic N) is 2. The molecule has 0 aliphatic heterocycles. The minimum absolute atomic E-state index is 0.545. The van der Waals surface area contributed by atoms with Crippen LogP contribution in [0.25, 0.3) is 10.9 Å². The van der Waals surface area contributed by atoms with E-state index < -0.39 is 29.0 Å². The minimum atomic E-state index is -4.39. The molecule has 1 atom stereocenters. The first-order valence-electron chi connectivity index (χ1n) is 10.00. The zero-order valence-corrected chi connectivity index (χ0v) is 18.2. The third-order valence-corrected chi connectivity index (χ3v) is 5.24. The average Bonchev–Trinajstić information content (AvgIpc) is 3.11. The van der Waals surface area contributed by atoms with Crippen LogP contribution < -0.4 is 5.32 Å². The number of ether oxygens (including phenoxy) is 1. The van der Waals surface area contributed by atoms with Gasteiger partial charge in [0.05, 0.1) is 28.5 Å². The molecule has 31 heavy (non-hydrogen) atoms. The number of nitrogens with one attached hydrogen (secondary N) is 1. The number of carbonyl (C=O) groups excluding carboxylic acids is 1. The number of aromatic nitrogens is 2. The standard InChI is InChI=1S/C23H26F3N3O2/c1-6-22(5,15-10-12-16(13-11-15)23(24,25)26)29-19-9-7-8-18(17(19)14-27-29)28-20(30)31-21(2,3)4/h7-14H,6H2,1-5H3,(H,28,30). The van der Waals surface area contributed by atoms with Crippen molar-refractivity contribution in [3.8, 4) is 0 Å². The molecule has 0 radical (unpaired) electrons. The maximum atomic E-state index is 13.0. The molecule has 0 fully saturated rings. The lowest BCUT2D eigenvalue weighted by Crippen LogP contribution is -2.31. The smallest absolute Gasteiger partial charge is 0.416 e. The molecule has 1 N–H and O–H groups in total. The summed E-state index contributed by atoms with van der Waals surface area (Å²) in [5, 5.41) is 7.99. The van der Waals surface area contributed by atoms with E-state index in [1.807, 2.05) is 19.9 Å². The number of carbonyl (C=O) groups is 1. The van der Waals surface area contributed by atoms with E-state index in [1.54, 1.807) is 43.8 Å². The summed E-state index contributed by atoms with van der Waals surface area (Å²) in [6, 6.07) is 10.6. The highest BCUT2D eigenvalue weighted by Gasteiger charge is 2.33. The van der Waals surface area contributed by atoms with Crippen molar-refractivity contribution < 1.29 is 22.7 Å². The van der Waals surface area contributed by atoms with E-state index in [2.05, 4.69) is 10.4 Å². The molecule has 2 aromatic carbocycles. The van der Waals surface area contributed by atoms with Crippen LogP contribution in [0.4, 0.5) is 23.7 Å². The largest absolute Gasteiger partial charge is 0.444 e. The van der Waals surface area contributed by atoms with Crippen molar-refractivity contribution >= 4 is 22.7 Å². The monoisotopic (exact) mass is 433 g/mol. The molecule has 1 aromatic heterocycles. The number of hydrogen-bond acceptors (Lipinski definition) is 3. The number of halogens is 3. The van der Waals surface area contributed by atoms with E-state index in [1.165, 1.54) is 12.1 Å². The van der Waals surface area contributed by atoms with E-state index in [0.717, 1.165) is 17.6 Å². The fraction of sp³-hybridized carbons (Fsp3) is 0.391. The Labute approximate surface area is 179 Å². The van der Waals surface area contributed by atoms with Gasteiger partial charge in [-0.2, -0.15) is 18.3 Å².